The fourth-order valence-corrected chi connectivity index (χ4v) is 3.78. The fraction of sp³-hybridized carbons (Fsp3) is 0.292. The number of nitriles is 1. The van der Waals surface area contributed by atoms with Gasteiger partial charge < -0.3 is 14.2 Å². The van der Waals surface area contributed by atoms with Crippen LogP contribution in [0.4, 0.5) is 14.5 Å². The number of carbonyl (C=O) groups excluding carboxylic acids is 1. The second-order valence-corrected chi connectivity index (χ2v) is 7.62. The van der Waals surface area contributed by atoms with Crippen molar-refractivity contribution in [3.63, 3.8) is 0 Å². The molecule has 2 heterocycles. The molecule has 2 aromatic carbocycles. The van der Waals surface area contributed by atoms with Crippen LogP contribution in [0.1, 0.15) is 24.3 Å². The average Bonchev–Trinajstić information content (AvgIpc) is 3.12. The minimum Gasteiger partial charge on any atom is -0.441 e. The predicted octanol–water partition coefficient (Wildman–Crippen LogP) is 4.16. The van der Waals surface area contributed by atoms with Gasteiger partial charge in [0.05, 0.1) is 23.4 Å². The number of hydrogen-bond acceptors (Lipinski definition) is 5. The second-order valence-electron chi connectivity index (χ2n) is 7.62. The molecule has 1 aliphatic rings. The zero-order chi connectivity index (χ0) is 22.5. The molecule has 1 saturated heterocycles. The molecule has 8 heteroatoms. The molecule has 1 fully saturated rings. The monoisotopic (exact) mass is 436 g/mol. The lowest BCUT2D eigenvalue weighted by Crippen LogP contribution is -2.35. The Balaban J connectivity index is 1.31. The van der Waals surface area contributed by atoms with Gasteiger partial charge in [-0.05, 0) is 42.8 Å². The van der Waals surface area contributed by atoms with Crippen molar-refractivity contribution >= 4 is 11.6 Å². The van der Waals surface area contributed by atoms with Crippen LogP contribution >= 0.6 is 0 Å². The van der Waals surface area contributed by atoms with Crippen molar-refractivity contribution in [1.29, 1.82) is 5.26 Å². The number of aromatic nitrogens is 1. The van der Waals surface area contributed by atoms with Gasteiger partial charge in [-0.15, -0.1) is 0 Å². The molecule has 1 aliphatic heterocycles. The maximum Gasteiger partial charge on any atom is 0.223 e. The number of carbonyl (C=O) groups is 1. The highest BCUT2D eigenvalue weighted by Crippen LogP contribution is 2.25. The van der Waals surface area contributed by atoms with Crippen LogP contribution in [0.25, 0.3) is 11.3 Å². The van der Waals surface area contributed by atoms with E-state index in [4.69, 9.17) is 9.68 Å². The molecule has 6 nitrogen and oxygen atoms in total. The number of oxazole rings is 1. The van der Waals surface area contributed by atoms with Crippen molar-refractivity contribution < 1.29 is 18.0 Å². The van der Waals surface area contributed by atoms with E-state index in [0.717, 1.165) is 30.8 Å². The smallest absolute Gasteiger partial charge is 0.223 e. The number of amides is 1. The average molecular weight is 436 g/mol. The van der Waals surface area contributed by atoms with Gasteiger partial charge in [0.25, 0.3) is 0 Å². The molecule has 0 radical (unpaired) electrons. The van der Waals surface area contributed by atoms with E-state index in [9.17, 15) is 13.6 Å². The summed E-state index contributed by atoms with van der Waals surface area (Å²) in [5.74, 6) is -0.824. The van der Waals surface area contributed by atoms with Crippen molar-refractivity contribution in [3.05, 3.63) is 71.8 Å². The Labute approximate surface area is 184 Å². The topological polar surface area (TPSA) is 73.4 Å². The highest BCUT2D eigenvalue weighted by Gasteiger charge is 2.20. The summed E-state index contributed by atoms with van der Waals surface area (Å²) in [5, 5.41) is 8.94. The second kappa shape index (κ2) is 9.60. The highest BCUT2D eigenvalue weighted by molar-refractivity contribution is 5.76. The Hall–Kier alpha value is -3.73. The first-order valence-corrected chi connectivity index (χ1v) is 10.5. The molecular weight excluding hydrogens is 414 g/mol. The Kier molecular flexibility index (Phi) is 6.45. The fourth-order valence-electron chi connectivity index (χ4n) is 3.78. The SMILES string of the molecule is N#Cc1ccc(N2CCCN(C(=O)CCc3ncc(-c4ccc(F)cc4F)o3)CC2)cc1. The number of rotatable bonds is 5. The molecule has 0 saturated carbocycles. The van der Waals surface area contributed by atoms with Crippen molar-refractivity contribution in [2.24, 2.45) is 0 Å². The van der Waals surface area contributed by atoms with E-state index in [1.807, 2.05) is 17.0 Å². The molecular formula is C24H22F2N4O2. The predicted molar refractivity (Wildman–Crippen MR) is 115 cm³/mol. The van der Waals surface area contributed by atoms with Gasteiger partial charge in [0, 0.05) is 50.8 Å². The van der Waals surface area contributed by atoms with Gasteiger partial charge in [0.1, 0.15) is 11.6 Å². The molecule has 0 N–H and O–H groups in total. The Morgan fingerprint density at radius 1 is 1.09 bits per heavy atom. The summed E-state index contributed by atoms with van der Waals surface area (Å²) in [6.07, 6.45) is 2.77. The Morgan fingerprint density at radius 3 is 2.66 bits per heavy atom. The molecule has 0 spiro atoms. The summed E-state index contributed by atoms with van der Waals surface area (Å²) in [5.41, 5.74) is 1.79. The Bertz CT molecular complexity index is 1140. The standard InChI is InChI=1S/C24H22F2N4O2/c25-18-4-7-20(21(26)14-18)22-16-28-23(32-22)8-9-24(31)30-11-1-10-29(12-13-30)19-5-2-17(15-27)3-6-19/h2-7,14,16H,1,8-13H2. The number of anilines is 1. The van der Waals surface area contributed by atoms with Crippen LogP contribution in [0.15, 0.2) is 53.1 Å². The third-order valence-electron chi connectivity index (χ3n) is 5.51. The zero-order valence-electron chi connectivity index (χ0n) is 17.4. The molecule has 4 rings (SSSR count). The van der Waals surface area contributed by atoms with Crippen LogP contribution in [-0.2, 0) is 11.2 Å². The summed E-state index contributed by atoms with van der Waals surface area (Å²) in [6, 6.07) is 12.8. The summed E-state index contributed by atoms with van der Waals surface area (Å²) in [4.78, 5) is 20.9. The molecule has 1 amide bonds. The van der Waals surface area contributed by atoms with Crippen LogP contribution in [0.5, 0.6) is 0 Å². The highest BCUT2D eigenvalue weighted by atomic mass is 19.1. The molecule has 0 atom stereocenters. The van der Waals surface area contributed by atoms with Crippen molar-refractivity contribution in [1.82, 2.24) is 9.88 Å². The first-order valence-electron chi connectivity index (χ1n) is 10.5. The van der Waals surface area contributed by atoms with E-state index in [-0.39, 0.29) is 23.7 Å². The third kappa shape index (κ3) is 4.94. The van der Waals surface area contributed by atoms with E-state index in [0.29, 0.717) is 37.5 Å². The number of hydrogen-bond donors (Lipinski definition) is 0. The van der Waals surface area contributed by atoms with Gasteiger partial charge in [0.15, 0.2) is 11.7 Å². The lowest BCUT2D eigenvalue weighted by Gasteiger charge is -2.23. The number of nitrogens with zero attached hydrogens (tertiary/aromatic N) is 4. The van der Waals surface area contributed by atoms with Crippen LogP contribution in [0, 0.1) is 23.0 Å². The number of benzene rings is 2. The largest absolute Gasteiger partial charge is 0.441 e. The van der Waals surface area contributed by atoms with Gasteiger partial charge in [0.2, 0.25) is 5.91 Å². The number of halogens is 2. The zero-order valence-corrected chi connectivity index (χ0v) is 17.4. The molecule has 32 heavy (non-hydrogen) atoms. The first kappa shape index (κ1) is 21.5. The summed E-state index contributed by atoms with van der Waals surface area (Å²) in [7, 11) is 0. The molecule has 0 aliphatic carbocycles. The number of aryl methyl sites for hydroxylation is 1. The van der Waals surface area contributed by atoms with Gasteiger partial charge in [-0.3, -0.25) is 4.79 Å². The first-order chi connectivity index (χ1) is 15.5. The minimum atomic E-state index is -0.722. The van der Waals surface area contributed by atoms with E-state index in [2.05, 4.69) is 16.0 Å². The molecule has 0 bridgehead atoms. The minimum absolute atomic E-state index is 0.0133. The van der Waals surface area contributed by atoms with Gasteiger partial charge in [-0.1, -0.05) is 0 Å². The van der Waals surface area contributed by atoms with Gasteiger partial charge in [-0.25, -0.2) is 13.8 Å². The van der Waals surface area contributed by atoms with Crippen molar-refractivity contribution in [3.8, 4) is 17.4 Å². The summed E-state index contributed by atoms with van der Waals surface area (Å²) >= 11 is 0. The molecule has 0 unspecified atom stereocenters. The van der Waals surface area contributed by atoms with Crippen LogP contribution < -0.4 is 4.90 Å². The summed E-state index contributed by atoms with van der Waals surface area (Å²) < 4.78 is 32.6. The quantitative estimate of drug-likeness (QED) is 0.600. The van der Waals surface area contributed by atoms with Crippen LogP contribution in [-0.4, -0.2) is 42.0 Å². The molecule has 164 valence electrons. The maximum absolute atomic E-state index is 13.9. The van der Waals surface area contributed by atoms with E-state index < -0.39 is 11.6 Å². The van der Waals surface area contributed by atoms with E-state index in [1.54, 1.807) is 12.1 Å². The van der Waals surface area contributed by atoms with E-state index >= 15 is 0 Å². The normalized spacial score (nSPS) is 14.2. The summed E-state index contributed by atoms with van der Waals surface area (Å²) in [6.45, 7) is 2.83. The van der Waals surface area contributed by atoms with Gasteiger partial charge in [-0.2, -0.15) is 5.26 Å². The lowest BCUT2D eigenvalue weighted by atomic mass is 10.2. The van der Waals surface area contributed by atoms with Gasteiger partial charge >= 0.3 is 0 Å². The van der Waals surface area contributed by atoms with Crippen LogP contribution in [0.2, 0.25) is 0 Å². The Morgan fingerprint density at radius 2 is 1.91 bits per heavy atom. The third-order valence-corrected chi connectivity index (χ3v) is 5.51. The molecule has 3 aromatic rings. The van der Waals surface area contributed by atoms with E-state index in [1.165, 1.54) is 12.3 Å². The molecule has 1 aromatic heterocycles. The van der Waals surface area contributed by atoms with Crippen molar-refractivity contribution in [2.75, 3.05) is 31.1 Å². The van der Waals surface area contributed by atoms with Crippen LogP contribution in [0.3, 0.4) is 0 Å². The lowest BCUT2D eigenvalue weighted by molar-refractivity contribution is -0.131. The maximum atomic E-state index is 13.9. The van der Waals surface area contributed by atoms with Crippen molar-refractivity contribution in [2.45, 2.75) is 19.3 Å².